The van der Waals surface area contributed by atoms with Crippen molar-refractivity contribution in [3.05, 3.63) is 47.5 Å². The molecule has 0 aliphatic heterocycles. The minimum Gasteiger partial charge on any atom is -0.508 e. The second kappa shape index (κ2) is 5.52. The van der Waals surface area contributed by atoms with Gasteiger partial charge >= 0.3 is 0 Å². The standard InChI is InChI=1S/C15H14O5/c1-19-14-11(7-8-12(17)15(14)20-2)13(18)9-3-5-10(16)6-4-9/h3-8,16-17H,1-2H3. The summed E-state index contributed by atoms with van der Waals surface area (Å²) < 4.78 is 10.2. The maximum absolute atomic E-state index is 12.4. The molecule has 0 unspecified atom stereocenters. The molecular formula is C15H14O5. The van der Waals surface area contributed by atoms with Gasteiger partial charge < -0.3 is 19.7 Å². The predicted octanol–water partition coefficient (Wildman–Crippen LogP) is 2.35. The number of carbonyl (C=O) groups excluding carboxylic acids is 1. The number of phenols is 2. The number of benzene rings is 2. The van der Waals surface area contributed by atoms with Crippen molar-refractivity contribution in [3.8, 4) is 23.0 Å². The molecule has 0 aliphatic carbocycles. The van der Waals surface area contributed by atoms with E-state index < -0.39 is 0 Å². The summed E-state index contributed by atoms with van der Waals surface area (Å²) in [6.07, 6.45) is 0. The van der Waals surface area contributed by atoms with Gasteiger partial charge in [0, 0.05) is 5.56 Å². The smallest absolute Gasteiger partial charge is 0.203 e. The minimum absolute atomic E-state index is 0.0804. The SMILES string of the molecule is COc1c(O)ccc(C(=O)c2ccc(O)cc2)c1OC. The van der Waals surface area contributed by atoms with Crippen LogP contribution in [0.5, 0.6) is 23.0 Å². The van der Waals surface area contributed by atoms with Crippen LogP contribution < -0.4 is 9.47 Å². The molecule has 0 aliphatic rings. The third-order valence-corrected chi connectivity index (χ3v) is 2.87. The topological polar surface area (TPSA) is 76.0 Å². The average molecular weight is 274 g/mol. The number of hydrogen-bond acceptors (Lipinski definition) is 5. The molecular weight excluding hydrogens is 260 g/mol. The summed E-state index contributed by atoms with van der Waals surface area (Å²) in [5.41, 5.74) is 0.668. The Hall–Kier alpha value is -2.69. The second-order valence-corrected chi connectivity index (χ2v) is 4.07. The van der Waals surface area contributed by atoms with E-state index in [2.05, 4.69) is 0 Å². The van der Waals surface area contributed by atoms with Crippen molar-refractivity contribution in [3.63, 3.8) is 0 Å². The van der Waals surface area contributed by atoms with E-state index in [0.29, 0.717) is 5.56 Å². The van der Waals surface area contributed by atoms with E-state index in [-0.39, 0.29) is 34.3 Å². The number of aromatic hydroxyl groups is 2. The van der Waals surface area contributed by atoms with Gasteiger partial charge in [-0.25, -0.2) is 0 Å². The Labute approximate surface area is 116 Å². The van der Waals surface area contributed by atoms with E-state index in [1.54, 1.807) is 0 Å². The number of methoxy groups -OCH3 is 2. The zero-order valence-corrected chi connectivity index (χ0v) is 11.1. The molecule has 104 valence electrons. The lowest BCUT2D eigenvalue weighted by atomic mass is 10.0. The first-order valence-corrected chi connectivity index (χ1v) is 5.86. The molecule has 0 amide bonds. The van der Waals surface area contributed by atoms with Gasteiger partial charge in [0.25, 0.3) is 0 Å². The Morgan fingerprint density at radius 1 is 0.900 bits per heavy atom. The summed E-state index contributed by atoms with van der Waals surface area (Å²) >= 11 is 0. The molecule has 0 saturated heterocycles. The fourth-order valence-electron chi connectivity index (χ4n) is 1.90. The highest BCUT2D eigenvalue weighted by atomic mass is 16.5. The van der Waals surface area contributed by atoms with Crippen LogP contribution in [0, 0.1) is 0 Å². The van der Waals surface area contributed by atoms with Gasteiger partial charge in [-0.15, -0.1) is 0 Å². The first kappa shape index (κ1) is 13.7. The fraction of sp³-hybridized carbons (Fsp3) is 0.133. The Kier molecular flexibility index (Phi) is 3.79. The van der Waals surface area contributed by atoms with Gasteiger partial charge in [0.1, 0.15) is 5.75 Å². The monoisotopic (exact) mass is 274 g/mol. The van der Waals surface area contributed by atoms with E-state index in [1.807, 2.05) is 0 Å². The molecule has 0 fully saturated rings. The molecule has 2 aromatic rings. The largest absolute Gasteiger partial charge is 0.508 e. The van der Waals surface area contributed by atoms with Crippen molar-refractivity contribution < 1.29 is 24.5 Å². The molecule has 0 aromatic heterocycles. The van der Waals surface area contributed by atoms with Crippen LogP contribution in [0.2, 0.25) is 0 Å². The van der Waals surface area contributed by atoms with E-state index in [9.17, 15) is 15.0 Å². The number of ketones is 1. The van der Waals surface area contributed by atoms with Crippen LogP contribution in [0.15, 0.2) is 36.4 Å². The third-order valence-electron chi connectivity index (χ3n) is 2.87. The minimum atomic E-state index is -0.292. The molecule has 2 N–H and O–H groups in total. The maximum Gasteiger partial charge on any atom is 0.203 e. The van der Waals surface area contributed by atoms with Crippen LogP contribution in [0.25, 0.3) is 0 Å². The number of phenolic OH excluding ortho intramolecular Hbond substituents is 2. The zero-order valence-electron chi connectivity index (χ0n) is 11.1. The number of carbonyl (C=O) groups is 1. The highest BCUT2D eigenvalue weighted by molar-refractivity contribution is 6.11. The molecule has 20 heavy (non-hydrogen) atoms. The molecule has 2 rings (SSSR count). The second-order valence-electron chi connectivity index (χ2n) is 4.07. The summed E-state index contributed by atoms with van der Waals surface area (Å²) in [6.45, 7) is 0. The molecule has 0 bridgehead atoms. The third kappa shape index (κ3) is 2.38. The Bertz CT molecular complexity index is 631. The van der Waals surface area contributed by atoms with E-state index in [1.165, 1.54) is 50.6 Å². The highest BCUT2D eigenvalue weighted by Gasteiger charge is 2.20. The lowest BCUT2D eigenvalue weighted by molar-refractivity contribution is 0.103. The zero-order chi connectivity index (χ0) is 14.7. The molecule has 0 saturated carbocycles. The van der Waals surface area contributed by atoms with Gasteiger partial charge in [0.2, 0.25) is 5.75 Å². The fourth-order valence-corrected chi connectivity index (χ4v) is 1.90. The summed E-state index contributed by atoms with van der Waals surface area (Å²) in [4.78, 5) is 12.4. The summed E-state index contributed by atoms with van der Waals surface area (Å²) in [6, 6.07) is 8.71. The van der Waals surface area contributed by atoms with Crippen molar-refractivity contribution in [1.82, 2.24) is 0 Å². The molecule has 5 heteroatoms. The number of ether oxygens (including phenoxy) is 2. The number of hydrogen-bond donors (Lipinski definition) is 2. The number of rotatable bonds is 4. The Morgan fingerprint density at radius 3 is 2.05 bits per heavy atom. The van der Waals surface area contributed by atoms with Crippen molar-refractivity contribution in [2.24, 2.45) is 0 Å². The van der Waals surface area contributed by atoms with Crippen LogP contribution in [0.1, 0.15) is 15.9 Å². The molecule has 0 atom stereocenters. The van der Waals surface area contributed by atoms with Crippen LogP contribution >= 0.6 is 0 Å². The summed E-state index contributed by atoms with van der Waals surface area (Å²) in [7, 11) is 2.78. The van der Waals surface area contributed by atoms with Crippen molar-refractivity contribution in [2.75, 3.05) is 14.2 Å². The van der Waals surface area contributed by atoms with Crippen LogP contribution in [0.3, 0.4) is 0 Å². The lowest BCUT2D eigenvalue weighted by Crippen LogP contribution is -2.05. The van der Waals surface area contributed by atoms with Crippen molar-refractivity contribution >= 4 is 5.78 Å². The van der Waals surface area contributed by atoms with Gasteiger partial charge in [-0.2, -0.15) is 0 Å². The van der Waals surface area contributed by atoms with Crippen molar-refractivity contribution in [2.45, 2.75) is 0 Å². The van der Waals surface area contributed by atoms with Crippen LogP contribution in [0.4, 0.5) is 0 Å². The first-order chi connectivity index (χ1) is 9.58. The Balaban J connectivity index is 2.52. The van der Waals surface area contributed by atoms with Gasteiger partial charge in [-0.3, -0.25) is 4.79 Å². The molecule has 0 heterocycles. The highest BCUT2D eigenvalue weighted by Crippen LogP contribution is 2.39. The van der Waals surface area contributed by atoms with Gasteiger partial charge in [0.15, 0.2) is 17.3 Å². The molecule has 5 nitrogen and oxygen atoms in total. The van der Waals surface area contributed by atoms with Crippen molar-refractivity contribution in [1.29, 1.82) is 0 Å². The predicted molar refractivity (Wildman–Crippen MR) is 72.8 cm³/mol. The first-order valence-electron chi connectivity index (χ1n) is 5.86. The average Bonchev–Trinajstić information content (AvgIpc) is 2.46. The lowest BCUT2D eigenvalue weighted by Gasteiger charge is -2.13. The van der Waals surface area contributed by atoms with Gasteiger partial charge in [0.05, 0.1) is 19.8 Å². The normalized spacial score (nSPS) is 10.1. The van der Waals surface area contributed by atoms with Crippen LogP contribution in [-0.2, 0) is 0 Å². The maximum atomic E-state index is 12.4. The van der Waals surface area contributed by atoms with Gasteiger partial charge in [-0.05, 0) is 36.4 Å². The molecule has 2 aromatic carbocycles. The molecule has 0 spiro atoms. The Morgan fingerprint density at radius 2 is 1.50 bits per heavy atom. The van der Waals surface area contributed by atoms with E-state index in [4.69, 9.17) is 9.47 Å². The summed E-state index contributed by atoms with van der Waals surface area (Å²) in [5.74, 6) is -0.0359. The van der Waals surface area contributed by atoms with Gasteiger partial charge in [-0.1, -0.05) is 0 Å². The summed E-state index contributed by atoms with van der Waals surface area (Å²) in [5, 5.41) is 18.9. The van der Waals surface area contributed by atoms with E-state index in [0.717, 1.165) is 0 Å². The van der Waals surface area contributed by atoms with E-state index >= 15 is 0 Å². The van der Waals surface area contributed by atoms with Crippen LogP contribution in [-0.4, -0.2) is 30.2 Å². The quantitative estimate of drug-likeness (QED) is 0.837. The molecule has 0 radical (unpaired) electrons.